The van der Waals surface area contributed by atoms with Crippen LogP contribution in [0.5, 0.6) is 0 Å². The van der Waals surface area contributed by atoms with Crippen LogP contribution in [0.1, 0.15) is 32.6 Å². The van der Waals surface area contributed by atoms with E-state index in [9.17, 15) is 9.90 Å². The van der Waals surface area contributed by atoms with E-state index in [1.807, 2.05) is 11.8 Å². The molecule has 0 bridgehead atoms. The molecule has 1 N–H and O–H groups in total. The van der Waals surface area contributed by atoms with E-state index in [0.29, 0.717) is 6.54 Å². The third kappa shape index (κ3) is 3.47. The van der Waals surface area contributed by atoms with Crippen molar-refractivity contribution in [2.24, 2.45) is 0 Å². The number of rotatable bonds is 4. The molecule has 0 aromatic rings. The summed E-state index contributed by atoms with van der Waals surface area (Å²) in [4.78, 5) is 13.5. The Morgan fingerprint density at radius 1 is 1.60 bits per heavy atom. The van der Waals surface area contributed by atoms with Gasteiger partial charge in [-0.15, -0.1) is 0 Å². The zero-order valence-corrected chi connectivity index (χ0v) is 9.61. The molecule has 1 saturated heterocycles. The molecule has 0 aliphatic carbocycles. The number of esters is 1. The van der Waals surface area contributed by atoms with E-state index in [1.165, 1.54) is 7.11 Å². The highest BCUT2D eigenvalue weighted by Crippen LogP contribution is 2.18. The molecule has 0 aromatic heterocycles. The first-order valence-electron chi connectivity index (χ1n) is 5.69. The Balaban J connectivity index is 2.53. The molecule has 1 aliphatic rings. The third-order valence-electron chi connectivity index (χ3n) is 3.00. The maximum atomic E-state index is 11.5. The van der Waals surface area contributed by atoms with Crippen molar-refractivity contribution in [1.82, 2.24) is 4.90 Å². The van der Waals surface area contributed by atoms with Crippen LogP contribution in [0.2, 0.25) is 0 Å². The fourth-order valence-electron chi connectivity index (χ4n) is 2.01. The van der Waals surface area contributed by atoms with E-state index in [1.54, 1.807) is 0 Å². The van der Waals surface area contributed by atoms with Gasteiger partial charge in [0.15, 0.2) is 0 Å². The number of hydrogen-bond acceptors (Lipinski definition) is 4. The largest absolute Gasteiger partial charge is 0.468 e. The number of methoxy groups -OCH3 is 1. The zero-order valence-electron chi connectivity index (χ0n) is 9.61. The molecule has 0 radical (unpaired) electrons. The maximum absolute atomic E-state index is 11.5. The number of likely N-dealkylation sites (tertiary alicyclic amines) is 1. The second kappa shape index (κ2) is 6.08. The van der Waals surface area contributed by atoms with Gasteiger partial charge in [-0.1, -0.05) is 13.3 Å². The van der Waals surface area contributed by atoms with Crippen LogP contribution < -0.4 is 0 Å². The maximum Gasteiger partial charge on any atom is 0.323 e. The van der Waals surface area contributed by atoms with Gasteiger partial charge >= 0.3 is 5.97 Å². The molecule has 1 rings (SSSR count). The first-order chi connectivity index (χ1) is 7.19. The van der Waals surface area contributed by atoms with Crippen molar-refractivity contribution in [3.63, 3.8) is 0 Å². The van der Waals surface area contributed by atoms with Gasteiger partial charge in [0.25, 0.3) is 0 Å². The molecule has 1 heterocycles. The Hall–Kier alpha value is -0.610. The highest BCUT2D eigenvalue weighted by molar-refractivity contribution is 5.75. The summed E-state index contributed by atoms with van der Waals surface area (Å²) in [5.41, 5.74) is 0. The molecule has 4 heteroatoms. The number of nitrogens with zero attached hydrogens (tertiary/aromatic N) is 1. The average molecular weight is 215 g/mol. The number of hydrogen-bond donors (Lipinski definition) is 1. The minimum atomic E-state index is -0.338. The van der Waals surface area contributed by atoms with E-state index < -0.39 is 0 Å². The summed E-state index contributed by atoms with van der Waals surface area (Å²) in [5.74, 6) is -0.169. The van der Waals surface area contributed by atoms with Crippen molar-refractivity contribution in [2.75, 3.05) is 20.2 Å². The van der Waals surface area contributed by atoms with Crippen molar-refractivity contribution in [1.29, 1.82) is 0 Å². The zero-order chi connectivity index (χ0) is 11.3. The molecule has 1 aliphatic heterocycles. The van der Waals surface area contributed by atoms with Crippen LogP contribution in [0.15, 0.2) is 0 Å². The second-order valence-electron chi connectivity index (χ2n) is 4.09. The molecule has 0 spiro atoms. The quantitative estimate of drug-likeness (QED) is 0.704. The highest BCUT2D eigenvalue weighted by atomic mass is 16.5. The van der Waals surface area contributed by atoms with Crippen LogP contribution in [0.4, 0.5) is 0 Å². The highest BCUT2D eigenvalue weighted by Gasteiger charge is 2.30. The number of β-amino-alcohol motifs (C(OH)–C–C–N with tert-alkyl or cyclic N) is 1. The van der Waals surface area contributed by atoms with E-state index in [0.717, 1.165) is 32.2 Å². The van der Waals surface area contributed by atoms with Crippen LogP contribution in [-0.4, -0.2) is 48.3 Å². The Morgan fingerprint density at radius 2 is 2.33 bits per heavy atom. The molecule has 1 fully saturated rings. The molecule has 0 aromatic carbocycles. The third-order valence-corrected chi connectivity index (χ3v) is 3.00. The Bertz CT molecular complexity index is 208. The Kier molecular flexibility index (Phi) is 5.05. The molecule has 0 saturated carbocycles. The number of ether oxygens (including phenoxy) is 1. The van der Waals surface area contributed by atoms with Crippen molar-refractivity contribution < 1.29 is 14.6 Å². The standard InChI is InChI=1S/C11H21NO3/c1-3-9(13)8-12-7-5-4-6-10(12)11(14)15-2/h9-10,13H,3-8H2,1-2H3. The van der Waals surface area contributed by atoms with Crippen molar-refractivity contribution in [3.05, 3.63) is 0 Å². The molecule has 2 atom stereocenters. The lowest BCUT2D eigenvalue weighted by molar-refractivity contribution is -0.148. The van der Waals surface area contributed by atoms with E-state index in [-0.39, 0.29) is 18.1 Å². The smallest absolute Gasteiger partial charge is 0.323 e. The van der Waals surface area contributed by atoms with Crippen LogP contribution in [0.25, 0.3) is 0 Å². The Labute approximate surface area is 91.2 Å². The lowest BCUT2D eigenvalue weighted by atomic mass is 10.0. The molecule has 88 valence electrons. The summed E-state index contributed by atoms with van der Waals surface area (Å²) in [6.07, 6.45) is 3.41. The summed E-state index contributed by atoms with van der Waals surface area (Å²) < 4.78 is 4.77. The normalized spacial score (nSPS) is 24.9. The predicted molar refractivity (Wildman–Crippen MR) is 57.5 cm³/mol. The number of aliphatic hydroxyl groups is 1. The summed E-state index contributed by atoms with van der Waals surface area (Å²) in [6, 6.07) is -0.148. The SMILES string of the molecule is CCC(O)CN1CCCCC1C(=O)OC. The fourth-order valence-corrected chi connectivity index (χ4v) is 2.01. The predicted octanol–water partition coefficient (Wildman–Crippen LogP) is 0.785. The van der Waals surface area contributed by atoms with Crippen molar-refractivity contribution in [2.45, 2.75) is 44.8 Å². The molecule has 0 amide bonds. The van der Waals surface area contributed by atoms with Gasteiger partial charge in [0.1, 0.15) is 6.04 Å². The van der Waals surface area contributed by atoms with Crippen molar-refractivity contribution >= 4 is 5.97 Å². The van der Waals surface area contributed by atoms with Gasteiger partial charge in [0.2, 0.25) is 0 Å². The molecular weight excluding hydrogens is 194 g/mol. The minimum absolute atomic E-state index is 0.148. The first-order valence-corrected chi connectivity index (χ1v) is 5.69. The first kappa shape index (κ1) is 12.5. The second-order valence-corrected chi connectivity index (χ2v) is 4.09. The summed E-state index contributed by atoms with van der Waals surface area (Å²) >= 11 is 0. The summed E-state index contributed by atoms with van der Waals surface area (Å²) in [6.45, 7) is 3.41. The minimum Gasteiger partial charge on any atom is -0.468 e. The number of carbonyl (C=O) groups is 1. The van der Waals surface area contributed by atoms with E-state index >= 15 is 0 Å². The van der Waals surface area contributed by atoms with E-state index in [4.69, 9.17) is 4.74 Å². The molecule has 2 unspecified atom stereocenters. The van der Waals surface area contributed by atoms with Crippen LogP contribution in [0, 0.1) is 0 Å². The van der Waals surface area contributed by atoms with Gasteiger partial charge in [0.05, 0.1) is 13.2 Å². The number of piperidine rings is 1. The average Bonchev–Trinajstić information content (AvgIpc) is 2.28. The number of carbonyl (C=O) groups excluding carboxylic acids is 1. The van der Waals surface area contributed by atoms with Gasteiger partial charge in [-0.25, -0.2) is 0 Å². The van der Waals surface area contributed by atoms with Crippen molar-refractivity contribution in [3.8, 4) is 0 Å². The number of aliphatic hydroxyl groups excluding tert-OH is 1. The monoisotopic (exact) mass is 215 g/mol. The van der Waals surface area contributed by atoms with Crippen LogP contribution in [-0.2, 0) is 9.53 Å². The fraction of sp³-hybridized carbons (Fsp3) is 0.909. The van der Waals surface area contributed by atoms with Crippen LogP contribution in [0.3, 0.4) is 0 Å². The van der Waals surface area contributed by atoms with Gasteiger partial charge in [-0.05, 0) is 25.8 Å². The van der Waals surface area contributed by atoms with Gasteiger partial charge < -0.3 is 9.84 Å². The lowest BCUT2D eigenvalue weighted by Gasteiger charge is -2.34. The summed E-state index contributed by atoms with van der Waals surface area (Å²) in [7, 11) is 1.42. The topological polar surface area (TPSA) is 49.8 Å². The van der Waals surface area contributed by atoms with Gasteiger partial charge in [-0.3, -0.25) is 9.69 Å². The van der Waals surface area contributed by atoms with E-state index in [2.05, 4.69) is 0 Å². The molecule has 15 heavy (non-hydrogen) atoms. The molecular formula is C11H21NO3. The Morgan fingerprint density at radius 3 is 2.93 bits per heavy atom. The van der Waals surface area contributed by atoms with Gasteiger partial charge in [-0.2, -0.15) is 0 Å². The summed E-state index contributed by atoms with van der Waals surface area (Å²) in [5, 5.41) is 9.59. The molecule has 4 nitrogen and oxygen atoms in total. The lowest BCUT2D eigenvalue weighted by Crippen LogP contribution is -2.48. The van der Waals surface area contributed by atoms with Crippen LogP contribution >= 0.6 is 0 Å². The van der Waals surface area contributed by atoms with Gasteiger partial charge in [0, 0.05) is 6.54 Å².